The maximum atomic E-state index is 10.4. The molecule has 0 amide bonds. The van der Waals surface area contributed by atoms with Crippen LogP contribution in [0.4, 0.5) is 0 Å². The molecular weight excluding hydrogens is 130 g/mol. The van der Waals surface area contributed by atoms with Gasteiger partial charge in [-0.1, -0.05) is 0 Å². The Kier molecular flexibility index (Phi) is 1.91. The van der Waals surface area contributed by atoms with Crippen LogP contribution in [0.2, 0.25) is 0 Å². The summed E-state index contributed by atoms with van der Waals surface area (Å²) < 4.78 is 4.72. The van der Waals surface area contributed by atoms with E-state index in [2.05, 4.69) is 0 Å². The van der Waals surface area contributed by atoms with Crippen LogP contribution in [-0.2, 0) is 9.53 Å². The molecule has 1 fully saturated rings. The Morgan fingerprint density at radius 1 is 1.80 bits per heavy atom. The van der Waals surface area contributed by atoms with Crippen molar-refractivity contribution in [1.82, 2.24) is 0 Å². The van der Waals surface area contributed by atoms with Crippen molar-refractivity contribution < 1.29 is 9.53 Å². The molecule has 1 aliphatic rings. The lowest BCUT2D eigenvalue weighted by atomic mass is 10.2. The first-order chi connectivity index (χ1) is 4.74. The van der Waals surface area contributed by atoms with E-state index in [9.17, 15) is 4.79 Å². The number of hydrogen-bond acceptors (Lipinski definition) is 3. The third kappa shape index (κ3) is 1.73. The van der Waals surface area contributed by atoms with Crippen LogP contribution in [-0.4, -0.2) is 12.1 Å². The highest BCUT2D eigenvalue weighted by Gasteiger charge is 2.33. The first-order valence-electron chi connectivity index (χ1n) is 3.31. The quantitative estimate of drug-likeness (QED) is 0.533. The Balaban J connectivity index is 2.34. The molecule has 0 aromatic carbocycles. The topological polar surface area (TPSA) is 50.1 Å². The molecule has 1 unspecified atom stereocenters. The number of carbonyl (C=O) groups is 1. The first kappa shape index (κ1) is 7.07. The van der Waals surface area contributed by atoms with Gasteiger partial charge < -0.3 is 4.74 Å². The minimum Gasteiger partial charge on any atom is -0.447 e. The van der Waals surface area contributed by atoms with Crippen molar-refractivity contribution in [3.63, 3.8) is 0 Å². The lowest BCUT2D eigenvalue weighted by Gasteiger charge is -2.05. The summed E-state index contributed by atoms with van der Waals surface area (Å²) in [6.45, 7) is 1.33. The maximum absolute atomic E-state index is 10.4. The predicted octanol–water partition coefficient (Wildman–Crippen LogP) is 0.852. The van der Waals surface area contributed by atoms with Gasteiger partial charge >= 0.3 is 5.97 Å². The van der Waals surface area contributed by atoms with Crippen molar-refractivity contribution >= 4 is 5.97 Å². The SMILES string of the molecule is CC(=O)OC(C#N)C1CC1. The van der Waals surface area contributed by atoms with Gasteiger partial charge in [0.15, 0.2) is 6.10 Å². The van der Waals surface area contributed by atoms with E-state index in [0.717, 1.165) is 12.8 Å². The van der Waals surface area contributed by atoms with Gasteiger partial charge in [-0.25, -0.2) is 0 Å². The van der Waals surface area contributed by atoms with Crippen molar-refractivity contribution in [3.05, 3.63) is 0 Å². The zero-order chi connectivity index (χ0) is 7.56. The molecule has 3 heteroatoms. The third-order valence-electron chi connectivity index (χ3n) is 1.47. The first-order valence-corrected chi connectivity index (χ1v) is 3.31. The fraction of sp³-hybridized carbons (Fsp3) is 0.714. The van der Waals surface area contributed by atoms with Crippen molar-refractivity contribution in [2.75, 3.05) is 0 Å². The van der Waals surface area contributed by atoms with Crippen molar-refractivity contribution in [2.24, 2.45) is 5.92 Å². The van der Waals surface area contributed by atoms with E-state index in [-0.39, 0.29) is 5.97 Å². The van der Waals surface area contributed by atoms with Gasteiger partial charge in [0.05, 0.1) is 0 Å². The molecule has 0 bridgehead atoms. The van der Waals surface area contributed by atoms with Gasteiger partial charge in [0.2, 0.25) is 0 Å². The third-order valence-corrected chi connectivity index (χ3v) is 1.47. The zero-order valence-corrected chi connectivity index (χ0v) is 5.83. The van der Waals surface area contributed by atoms with E-state index in [1.165, 1.54) is 6.92 Å². The maximum Gasteiger partial charge on any atom is 0.303 e. The Hall–Kier alpha value is -1.04. The molecule has 0 N–H and O–H groups in total. The summed E-state index contributed by atoms with van der Waals surface area (Å²) in [5, 5.41) is 8.46. The summed E-state index contributed by atoms with van der Waals surface area (Å²) in [6, 6.07) is 1.95. The zero-order valence-electron chi connectivity index (χ0n) is 5.83. The van der Waals surface area contributed by atoms with E-state index in [1.807, 2.05) is 6.07 Å². The molecule has 0 spiro atoms. The van der Waals surface area contributed by atoms with Gasteiger partial charge in [-0.15, -0.1) is 0 Å². The fourth-order valence-electron chi connectivity index (χ4n) is 0.806. The molecule has 0 aromatic heterocycles. The number of hydrogen-bond donors (Lipinski definition) is 0. The van der Waals surface area contributed by atoms with Gasteiger partial charge in [-0.05, 0) is 12.8 Å². The van der Waals surface area contributed by atoms with Crippen LogP contribution in [0.3, 0.4) is 0 Å². The average Bonchev–Trinajstić information content (AvgIpc) is 2.63. The van der Waals surface area contributed by atoms with Gasteiger partial charge in [0.25, 0.3) is 0 Å². The molecule has 54 valence electrons. The number of ether oxygens (including phenoxy) is 1. The lowest BCUT2D eigenvalue weighted by Crippen LogP contribution is -2.15. The van der Waals surface area contributed by atoms with Crippen LogP contribution < -0.4 is 0 Å². The summed E-state index contributed by atoms with van der Waals surface area (Å²) in [6.07, 6.45) is 1.55. The standard InChI is InChI=1S/C7H9NO2/c1-5(9)10-7(4-8)6-2-3-6/h6-7H,2-3H2,1H3. The summed E-state index contributed by atoms with van der Waals surface area (Å²) >= 11 is 0. The molecular formula is C7H9NO2. The van der Waals surface area contributed by atoms with Gasteiger partial charge in [-0.3, -0.25) is 4.79 Å². The van der Waals surface area contributed by atoms with Gasteiger partial charge in [0, 0.05) is 12.8 Å². The van der Waals surface area contributed by atoms with E-state index >= 15 is 0 Å². The van der Waals surface area contributed by atoms with Crippen molar-refractivity contribution in [3.8, 4) is 6.07 Å². The van der Waals surface area contributed by atoms with Crippen LogP contribution in [0.25, 0.3) is 0 Å². The number of nitriles is 1. The highest BCUT2D eigenvalue weighted by atomic mass is 16.5. The summed E-state index contributed by atoms with van der Waals surface area (Å²) in [5.74, 6) is -0.0487. The van der Waals surface area contributed by atoms with Gasteiger partial charge in [0.1, 0.15) is 6.07 Å². The molecule has 10 heavy (non-hydrogen) atoms. The molecule has 0 aliphatic heterocycles. The number of carbonyl (C=O) groups excluding carboxylic acids is 1. The lowest BCUT2D eigenvalue weighted by molar-refractivity contribution is -0.144. The molecule has 1 atom stereocenters. The Bertz CT molecular complexity index is 179. The Morgan fingerprint density at radius 3 is 2.70 bits per heavy atom. The molecule has 0 aromatic rings. The number of nitrogens with zero attached hydrogens (tertiary/aromatic N) is 1. The molecule has 1 rings (SSSR count). The van der Waals surface area contributed by atoms with E-state index < -0.39 is 6.10 Å². The normalized spacial score (nSPS) is 19.2. The average molecular weight is 139 g/mol. The minimum atomic E-state index is -0.488. The molecule has 0 radical (unpaired) electrons. The van der Waals surface area contributed by atoms with Crippen molar-refractivity contribution in [1.29, 1.82) is 5.26 Å². The number of rotatable bonds is 2. The smallest absolute Gasteiger partial charge is 0.303 e. The second-order valence-corrected chi connectivity index (χ2v) is 2.50. The predicted molar refractivity (Wildman–Crippen MR) is 33.9 cm³/mol. The summed E-state index contributed by atoms with van der Waals surface area (Å²) in [4.78, 5) is 10.4. The molecule has 1 aliphatic carbocycles. The van der Waals surface area contributed by atoms with Crippen molar-refractivity contribution in [2.45, 2.75) is 25.9 Å². The van der Waals surface area contributed by atoms with Crippen LogP contribution in [0.1, 0.15) is 19.8 Å². The molecule has 3 nitrogen and oxygen atoms in total. The van der Waals surface area contributed by atoms with Crippen LogP contribution >= 0.6 is 0 Å². The number of esters is 1. The molecule has 1 saturated carbocycles. The highest BCUT2D eigenvalue weighted by Crippen LogP contribution is 2.33. The minimum absolute atomic E-state index is 0.314. The Labute approximate surface area is 59.6 Å². The summed E-state index contributed by atoms with van der Waals surface area (Å²) in [7, 11) is 0. The Morgan fingerprint density at radius 2 is 2.40 bits per heavy atom. The highest BCUT2D eigenvalue weighted by molar-refractivity contribution is 5.66. The molecule has 0 saturated heterocycles. The fourth-order valence-corrected chi connectivity index (χ4v) is 0.806. The monoisotopic (exact) mass is 139 g/mol. The van der Waals surface area contributed by atoms with Gasteiger partial charge in [-0.2, -0.15) is 5.26 Å². The summed E-state index contributed by atoms with van der Waals surface area (Å²) in [5.41, 5.74) is 0. The van der Waals surface area contributed by atoms with Crippen LogP contribution in [0, 0.1) is 17.2 Å². The van der Waals surface area contributed by atoms with E-state index in [0.29, 0.717) is 5.92 Å². The largest absolute Gasteiger partial charge is 0.447 e. The van der Waals surface area contributed by atoms with E-state index in [1.54, 1.807) is 0 Å². The van der Waals surface area contributed by atoms with Crippen LogP contribution in [0.15, 0.2) is 0 Å². The molecule has 0 heterocycles. The van der Waals surface area contributed by atoms with Crippen LogP contribution in [0.5, 0.6) is 0 Å². The second kappa shape index (κ2) is 2.70. The van der Waals surface area contributed by atoms with E-state index in [4.69, 9.17) is 10.00 Å². The second-order valence-electron chi connectivity index (χ2n) is 2.50.